The number of ether oxygens (including phenoxy) is 1. The van der Waals surface area contributed by atoms with Gasteiger partial charge in [-0.15, -0.1) is 10.2 Å². The lowest BCUT2D eigenvalue weighted by Crippen LogP contribution is -2.48. The number of halogens is 2. The van der Waals surface area contributed by atoms with Gasteiger partial charge >= 0.3 is 6.03 Å². The summed E-state index contributed by atoms with van der Waals surface area (Å²) in [6.07, 6.45) is -0.0960. The third kappa shape index (κ3) is 7.60. The molecule has 0 saturated carbocycles. The van der Waals surface area contributed by atoms with Crippen LogP contribution in [0.5, 0.6) is 0 Å². The molecule has 9 nitrogen and oxygen atoms in total. The molecule has 0 spiro atoms. The molecule has 2 heterocycles. The third-order valence-electron chi connectivity index (χ3n) is 5.27. The van der Waals surface area contributed by atoms with Gasteiger partial charge in [-0.3, -0.25) is 9.80 Å². The average Bonchev–Trinajstić information content (AvgIpc) is 3.25. The van der Waals surface area contributed by atoms with E-state index in [1.807, 2.05) is 12.1 Å². The Morgan fingerprint density at radius 2 is 1.97 bits per heavy atom. The van der Waals surface area contributed by atoms with E-state index in [9.17, 15) is 4.79 Å². The van der Waals surface area contributed by atoms with Gasteiger partial charge in [-0.1, -0.05) is 43.1 Å². The minimum absolute atomic E-state index is 0.0960. The zero-order valence-electron chi connectivity index (χ0n) is 18.4. The van der Waals surface area contributed by atoms with E-state index < -0.39 is 0 Å². The van der Waals surface area contributed by atoms with E-state index in [1.165, 1.54) is 0 Å². The summed E-state index contributed by atoms with van der Waals surface area (Å²) >= 11 is 12.1. The summed E-state index contributed by atoms with van der Waals surface area (Å²) in [5.74, 6) is 0.924. The van der Waals surface area contributed by atoms with Crippen LogP contribution in [0.25, 0.3) is 0 Å². The van der Waals surface area contributed by atoms with Crippen molar-refractivity contribution in [1.82, 2.24) is 30.6 Å². The van der Waals surface area contributed by atoms with Crippen LogP contribution in [0.1, 0.15) is 31.2 Å². The summed E-state index contributed by atoms with van der Waals surface area (Å²) in [7, 11) is 0. The number of hydrogen-bond acceptors (Lipinski definition) is 7. The summed E-state index contributed by atoms with van der Waals surface area (Å²) in [6, 6.07) is 5.35. The van der Waals surface area contributed by atoms with E-state index in [2.05, 4.69) is 44.5 Å². The lowest BCUT2D eigenvalue weighted by atomic mass is 10.2. The van der Waals surface area contributed by atoms with Gasteiger partial charge < -0.3 is 19.8 Å². The van der Waals surface area contributed by atoms with Crippen molar-refractivity contribution in [3.63, 3.8) is 0 Å². The number of amides is 2. The van der Waals surface area contributed by atoms with Crippen LogP contribution in [-0.4, -0.2) is 71.5 Å². The predicted molar refractivity (Wildman–Crippen MR) is 123 cm³/mol. The number of nitrogens with zero attached hydrogens (tertiary/aromatic N) is 4. The molecule has 1 aliphatic heterocycles. The fourth-order valence-corrected chi connectivity index (χ4v) is 3.75. The Hall–Kier alpha value is -1.91. The highest BCUT2D eigenvalue weighted by Crippen LogP contribution is 2.23. The SMILES string of the molecule is CCN(CC)Cc1nnc(CNC(=O)NC[C@H]2CN(Cc3ccc(Cl)c(Cl)c3)CCO2)o1. The molecule has 32 heavy (non-hydrogen) atoms. The van der Waals surface area contributed by atoms with Crippen molar-refractivity contribution in [3.8, 4) is 0 Å². The lowest BCUT2D eigenvalue weighted by Gasteiger charge is -2.33. The Morgan fingerprint density at radius 1 is 1.19 bits per heavy atom. The second-order valence-corrected chi connectivity index (χ2v) is 8.41. The third-order valence-corrected chi connectivity index (χ3v) is 6.00. The van der Waals surface area contributed by atoms with Crippen molar-refractivity contribution < 1.29 is 13.9 Å². The van der Waals surface area contributed by atoms with E-state index >= 15 is 0 Å². The molecule has 1 aromatic carbocycles. The van der Waals surface area contributed by atoms with Crippen molar-refractivity contribution in [2.75, 3.05) is 39.3 Å². The highest BCUT2D eigenvalue weighted by molar-refractivity contribution is 6.42. The van der Waals surface area contributed by atoms with E-state index in [0.29, 0.717) is 48.1 Å². The maximum Gasteiger partial charge on any atom is 0.315 e. The number of morpholine rings is 1. The molecule has 2 aromatic rings. The number of carbonyl (C=O) groups excluding carboxylic acids is 1. The Balaban J connectivity index is 1.38. The Morgan fingerprint density at radius 3 is 2.72 bits per heavy atom. The van der Waals surface area contributed by atoms with Gasteiger partial charge in [0.25, 0.3) is 0 Å². The average molecular weight is 485 g/mol. The first-order valence-corrected chi connectivity index (χ1v) is 11.6. The van der Waals surface area contributed by atoms with Crippen LogP contribution >= 0.6 is 23.2 Å². The van der Waals surface area contributed by atoms with Crippen molar-refractivity contribution in [1.29, 1.82) is 0 Å². The van der Waals surface area contributed by atoms with Crippen LogP contribution in [0.15, 0.2) is 22.6 Å². The molecule has 0 unspecified atom stereocenters. The first-order valence-electron chi connectivity index (χ1n) is 10.8. The first kappa shape index (κ1) is 24.7. The minimum Gasteiger partial charge on any atom is -0.422 e. The Labute approximate surface area is 198 Å². The van der Waals surface area contributed by atoms with E-state index in [4.69, 9.17) is 32.4 Å². The van der Waals surface area contributed by atoms with Crippen LogP contribution < -0.4 is 10.6 Å². The fourth-order valence-electron chi connectivity index (χ4n) is 3.43. The second-order valence-electron chi connectivity index (χ2n) is 7.59. The predicted octanol–water partition coefficient (Wildman–Crippen LogP) is 2.92. The summed E-state index contributed by atoms with van der Waals surface area (Å²) in [6.45, 7) is 10.0. The smallest absolute Gasteiger partial charge is 0.315 e. The standard InChI is InChI=1S/C21H30Cl2N6O3/c1-3-28(4-2)14-20-27-26-19(32-20)11-25-21(30)24-10-16-13-29(7-8-31-16)12-15-5-6-17(22)18(23)9-15/h5-6,9,16H,3-4,7-8,10-14H2,1-2H3,(H2,24,25,30)/t16-/m0/s1. The topological polar surface area (TPSA) is 95.8 Å². The highest BCUT2D eigenvalue weighted by Gasteiger charge is 2.21. The van der Waals surface area contributed by atoms with E-state index in [1.54, 1.807) is 6.07 Å². The van der Waals surface area contributed by atoms with E-state index in [-0.39, 0.29) is 18.7 Å². The molecule has 1 aliphatic rings. The Bertz CT molecular complexity index is 877. The monoisotopic (exact) mass is 484 g/mol. The molecule has 2 N–H and O–H groups in total. The van der Waals surface area contributed by atoms with Gasteiger partial charge in [0.15, 0.2) is 0 Å². The van der Waals surface area contributed by atoms with Gasteiger partial charge in [0.2, 0.25) is 11.8 Å². The number of aromatic nitrogens is 2. The number of urea groups is 1. The van der Waals surface area contributed by atoms with Gasteiger partial charge in [0.1, 0.15) is 0 Å². The van der Waals surface area contributed by atoms with Crippen molar-refractivity contribution in [3.05, 3.63) is 45.6 Å². The summed E-state index contributed by atoms with van der Waals surface area (Å²) in [5.41, 5.74) is 1.09. The van der Waals surface area contributed by atoms with Crippen molar-refractivity contribution >= 4 is 29.2 Å². The van der Waals surface area contributed by atoms with Crippen LogP contribution in [0.2, 0.25) is 10.0 Å². The van der Waals surface area contributed by atoms with Gasteiger partial charge in [-0.05, 0) is 30.8 Å². The van der Waals surface area contributed by atoms with Crippen LogP contribution in [0.3, 0.4) is 0 Å². The molecule has 176 valence electrons. The highest BCUT2D eigenvalue weighted by atomic mass is 35.5. The van der Waals surface area contributed by atoms with Gasteiger partial charge in [-0.25, -0.2) is 4.79 Å². The molecule has 0 radical (unpaired) electrons. The largest absolute Gasteiger partial charge is 0.422 e. The second kappa shape index (κ2) is 12.4. The van der Waals surface area contributed by atoms with Gasteiger partial charge in [0.05, 0.1) is 35.8 Å². The Kier molecular flexibility index (Phi) is 9.55. The van der Waals surface area contributed by atoms with Crippen molar-refractivity contribution in [2.24, 2.45) is 0 Å². The quantitative estimate of drug-likeness (QED) is 0.534. The number of carbonyl (C=O) groups is 1. The molecule has 11 heteroatoms. The molecule has 1 aromatic heterocycles. The minimum atomic E-state index is -0.307. The van der Waals surface area contributed by atoms with Gasteiger partial charge in [-0.2, -0.15) is 0 Å². The normalized spacial score (nSPS) is 17.0. The molecule has 1 saturated heterocycles. The number of hydrogen-bond donors (Lipinski definition) is 2. The van der Waals surface area contributed by atoms with Crippen LogP contribution in [0.4, 0.5) is 4.79 Å². The molecule has 0 aliphatic carbocycles. The lowest BCUT2D eigenvalue weighted by molar-refractivity contribution is -0.0287. The zero-order chi connectivity index (χ0) is 22.9. The number of nitrogens with one attached hydrogen (secondary N) is 2. The van der Waals surface area contributed by atoms with Crippen LogP contribution in [0, 0.1) is 0 Å². The van der Waals surface area contributed by atoms with Crippen LogP contribution in [-0.2, 0) is 24.4 Å². The molecule has 1 fully saturated rings. The summed E-state index contributed by atoms with van der Waals surface area (Å²) in [4.78, 5) is 16.6. The molecular weight excluding hydrogens is 455 g/mol. The maximum atomic E-state index is 12.2. The van der Waals surface area contributed by atoms with E-state index in [0.717, 1.165) is 31.7 Å². The van der Waals surface area contributed by atoms with Gasteiger partial charge in [0, 0.05) is 26.2 Å². The molecular formula is C21H30Cl2N6O3. The number of benzene rings is 1. The number of rotatable bonds is 10. The maximum absolute atomic E-state index is 12.2. The molecule has 1 atom stereocenters. The van der Waals surface area contributed by atoms with Crippen molar-refractivity contribution in [2.45, 2.75) is 39.6 Å². The molecule has 0 bridgehead atoms. The summed E-state index contributed by atoms with van der Waals surface area (Å²) < 4.78 is 11.4. The summed E-state index contributed by atoms with van der Waals surface area (Å²) in [5, 5.41) is 14.7. The molecule has 3 rings (SSSR count). The first-order chi connectivity index (χ1) is 15.5. The zero-order valence-corrected chi connectivity index (χ0v) is 20.0. The molecule has 2 amide bonds. The fraction of sp³-hybridized carbons (Fsp3) is 0.571.